The second-order valence-electron chi connectivity index (χ2n) is 5.36. The number of nitrogens with zero attached hydrogens (tertiary/aromatic N) is 2. The Balaban J connectivity index is 1.92. The maximum atomic E-state index is 12.7. The molecule has 0 aliphatic carbocycles. The van der Waals surface area contributed by atoms with E-state index < -0.39 is 0 Å². The van der Waals surface area contributed by atoms with Crippen molar-refractivity contribution >= 4 is 39.9 Å². The standard InChI is InChI=1S/C17H13Cl2N3O2/c1-22(9-10-6-7-13(18)14(19)8-10)17(24)15-11-4-2-3-5-12(11)16(23)21-20-15/h2-8H,9H2,1H3,(H,21,23). The molecule has 7 heteroatoms. The lowest BCUT2D eigenvalue weighted by Crippen LogP contribution is -2.28. The number of benzene rings is 2. The molecule has 0 fully saturated rings. The van der Waals surface area contributed by atoms with Crippen LogP contribution in [-0.4, -0.2) is 28.1 Å². The molecule has 5 nitrogen and oxygen atoms in total. The van der Waals surface area contributed by atoms with Gasteiger partial charge in [0.05, 0.1) is 15.4 Å². The van der Waals surface area contributed by atoms with Crippen LogP contribution >= 0.6 is 23.2 Å². The molecular formula is C17H13Cl2N3O2. The first-order chi connectivity index (χ1) is 11.5. The summed E-state index contributed by atoms with van der Waals surface area (Å²) >= 11 is 11.9. The average Bonchev–Trinajstić information content (AvgIpc) is 2.58. The van der Waals surface area contributed by atoms with Crippen LogP contribution in [0.15, 0.2) is 47.3 Å². The minimum absolute atomic E-state index is 0.202. The van der Waals surface area contributed by atoms with Gasteiger partial charge < -0.3 is 4.90 Å². The Hall–Kier alpha value is -2.37. The van der Waals surface area contributed by atoms with Gasteiger partial charge in [-0.05, 0) is 23.8 Å². The Morgan fingerprint density at radius 1 is 1.12 bits per heavy atom. The molecule has 0 aliphatic heterocycles. The third kappa shape index (κ3) is 3.13. The van der Waals surface area contributed by atoms with E-state index in [0.717, 1.165) is 5.56 Å². The van der Waals surface area contributed by atoms with Crippen molar-refractivity contribution in [2.24, 2.45) is 0 Å². The molecule has 3 aromatic rings. The lowest BCUT2D eigenvalue weighted by atomic mass is 10.1. The fourth-order valence-corrected chi connectivity index (χ4v) is 2.76. The number of carbonyl (C=O) groups is 1. The normalized spacial score (nSPS) is 10.8. The Labute approximate surface area is 147 Å². The van der Waals surface area contributed by atoms with Gasteiger partial charge >= 0.3 is 0 Å². The molecule has 2 aromatic carbocycles. The summed E-state index contributed by atoms with van der Waals surface area (Å²) in [5.41, 5.74) is 0.719. The van der Waals surface area contributed by atoms with E-state index in [2.05, 4.69) is 10.2 Å². The Morgan fingerprint density at radius 3 is 2.54 bits per heavy atom. The van der Waals surface area contributed by atoms with Crippen LogP contribution in [0, 0.1) is 0 Å². The van der Waals surface area contributed by atoms with Gasteiger partial charge in [-0.3, -0.25) is 9.59 Å². The zero-order valence-electron chi connectivity index (χ0n) is 12.7. The molecule has 24 heavy (non-hydrogen) atoms. The van der Waals surface area contributed by atoms with Gasteiger partial charge in [0.15, 0.2) is 5.69 Å². The van der Waals surface area contributed by atoms with E-state index in [1.165, 1.54) is 4.90 Å². The van der Waals surface area contributed by atoms with E-state index in [0.29, 0.717) is 27.4 Å². The van der Waals surface area contributed by atoms with Crippen molar-refractivity contribution in [2.45, 2.75) is 6.54 Å². The lowest BCUT2D eigenvalue weighted by Gasteiger charge is -2.17. The van der Waals surface area contributed by atoms with Crippen LogP contribution in [0.4, 0.5) is 0 Å². The Bertz CT molecular complexity index is 985. The molecule has 1 N–H and O–H groups in total. The molecule has 3 rings (SSSR count). The fraction of sp³-hybridized carbons (Fsp3) is 0.118. The maximum Gasteiger partial charge on any atom is 0.274 e. The maximum absolute atomic E-state index is 12.7. The molecule has 1 aromatic heterocycles. The molecule has 122 valence electrons. The highest BCUT2D eigenvalue weighted by Gasteiger charge is 2.18. The summed E-state index contributed by atoms with van der Waals surface area (Å²) in [6.45, 7) is 0.338. The quantitative estimate of drug-likeness (QED) is 0.776. The second kappa shape index (κ2) is 6.63. The van der Waals surface area contributed by atoms with E-state index in [4.69, 9.17) is 23.2 Å². The molecule has 1 heterocycles. The number of aromatic nitrogens is 2. The summed E-state index contributed by atoms with van der Waals surface area (Å²) in [5.74, 6) is -0.298. The number of H-pyrrole nitrogens is 1. The van der Waals surface area contributed by atoms with E-state index in [1.807, 2.05) is 0 Å². The van der Waals surface area contributed by atoms with Gasteiger partial charge in [0.1, 0.15) is 0 Å². The summed E-state index contributed by atoms with van der Waals surface area (Å²) in [7, 11) is 1.66. The van der Waals surface area contributed by atoms with Crippen molar-refractivity contribution in [1.82, 2.24) is 15.1 Å². The minimum Gasteiger partial charge on any atom is -0.336 e. The summed E-state index contributed by atoms with van der Waals surface area (Å²) in [6, 6.07) is 12.1. The second-order valence-corrected chi connectivity index (χ2v) is 6.17. The highest BCUT2D eigenvalue weighted by atomic mass is 35.5. The Kier molecular flexibility index (Phi) is 4.55. The van der Waals surface area contributed by atoms with Crippen LogP contribution in [0.25, 0.3) is 10.8 Å². The van der Waals surface area contributed by atoms with E-state index in [-0.39, 0.29) is 17.2 Å². The number of rotatable bonds is 3. The third-order valence-electron chi connectivity index (χ3n) is 3.65. The van der Waals surface area contributed by atoms with Gasteiger partial charge in [0.2, 0.25) is 0 Å². The van der Waals surface area contributed by atoms with Crippen LogP contribution in [0.2, 0.25) is 10.0 Å². The monoisotopic (exact) mass is 361 g/mol. The number of fused-ring (bicyclic) bond motifs is 1. The van der Waals surface area contributed by atoms with Crippen molar-refractivity contribution < 1.29 is 4.79 Å². The molecule has 0 unspecified atom stereocenters. The highest BCUT2D eigenvalue weighted by Crippen LogP contribution is 2.23. The van der Waals surface area contributed by atoms with Crippen LogP contribution in [0.5, 0.6) is 0 Å². The SMILES string of the molecule is CN(Cc1ccc(Cl)c(Cl)c1)C(=O)c1n[nH]c(=O)c2ccccc12. The highest BCUT2D eigenvalue weighted by molar-refractivity contribution is 6.42. The van der Waals surface area contributed by atoms with Gasteiger partial charge in [0, 0.05) is 19.0 Å². The van der Waals surface area contributed by atoms with Crippen molar-refractivity contribution in [3.63, 3.8) is 0 Å². The first-order valence-electron chi connectivity index (χ1n) is 7.14. The number of hydrogen-bond acceptors (Lipinski definition) is 3. The fourth-order valence-electron chi connectivity index (χ4n) is 2.44. The number of amides is 1. The molecule has 0 spiro atoms. The number of aromatic amines is 1. The summed E-state index contributed by atoms with van der Waals surface area (Å²) < 4.78 is 0. The van der Waals surface area contributed by atoms with Crippen molar-refractivity contribution in [1.29, 1.82) is 0 Å². The molecule has 0 radical (unpaired) electrons. The number of carbonyl (C=O) groups excluding carboxylic acids is 1. The van der Waals surface area contributed by atoms with Gasteiger partial charge in [0.25, 0.3) is 11.5 Å². The minimum atomic E-state index is -0.325. The van der Waals surface area contributed by atoms with Gasteiger partial charge in [-0.15, -0.1) is 0 Å². The first kappa shape index (κ1) is 16.5. The van der Waals surface area contributed by atoms with E-state index in [9.17, 15) is 9.59 Å². The molecule has 0 aliphatic rings. The van der Waals surface area contributed by atoms with Crippen LogP contribution in [0.1, 0.15) is 16.1 Å². The summed E-state index contributed by atoms with van der Waals surface area (Å²) in [5, 5.41) is 8.14. The van der Waals surface area contributed by atoms with E-state index in [1.54, 1.807) is 49.5 Å². The van der Waals surface area contributed by atoms with Crippen LogP contribution in [-0.2, 0) is 6.54 Å². The molecule has 1 amide bonds. The number of hydrogen-bond donors (Lipinski definition) is 1. The van der Waals surface area contributed by atoms with Crippen molar-refractivity contribution in [3.8, 4) is 0 Å². The van der Waals surface area contributed by atoms with Gasteiger partial charge in [-0.25, -0.2) is 5.10 Å². The predicted octanol–water partition coefficient (Wildman–Crippen LogP) is 3.50. The van der Waals surface area contributed by atoms with Crippen LogP contribution < -0.4 is 5.56 Å². The van der Waals surface area contributed by atoms with Gasteiger partial charge in [-0.1, -0.05) is 47.5 Å². The largest absolute Gasteiger partial charge is 0.336 e. The topological polar surface area (TPSA) is 66.1 Å². The molecule has 0 atom stereocenters. The third-order valence-corrected chi connectivity index (χ3v) is 4.39. The zero-order chi connectivity index (χ0) is 17.3. The molecular weight excluding hydrogens is 349 g/mol. The smallest absolute Gasteiger partial charge is 0.274 e. The Morgan fingerprint density at radius 2 is 1.83 bits per heavy atom. The molecule has 0 saturated heterocycles. The molecule has 0 bridgehead atoms. The van der Waals surface area contributed by atoms with Gasteiger partial charge in [-0.2, -0.15) is 5.10 Å². The number of halogens is 2. The molecule has 0 saturated carbocycles. The van der Waals surface area contributed by atoms with Crippen LogP contribution in [0.3, 0.4) is 0 Å². The summed E-state index contributed by atoms with van der Waals surface area (Å²) in [6.07, 6.45) is 0. The predicted molar refractivity (Wildman–Crippen MR) is 94.6 cm³/mol. The summed E-state index contributed by atoms with van der Waals surface area (Å²) in [4.78, 5) is 26.0. The number of nitrogens with one attached hydrogen (secondary N) is 1. The van der Waals surface area contributed by atoms with Crippen molar-refractivity contribution in [2.75, 3.05) is 7.05 Å². The van der Waals surface area contributed by atoms with E-state index >= 15 is 0 Å². The first-order valence-corrected chi connectivity index (χ1v) is 7.90. The zero-order valence-corrected chi connectivity index (χ0v) is 14.2. The average molecular weight is 362 g/mol. The lowest BCUT2D eigenvalue weighted by molar-refractivity contribution is 0.0780. The van der Waals surface area contributed by atoms with Crippen molar-refractivity contribution in [3.05, 3.63) is 74.1 Å².